The molecular formula is C51H34N4OS. The number of aliphatic imine (C=N–C) groups is 2. The molecule has 5 nitrogen and oxygen atoms in total. The zero-order valence-electron chi connectivity index (χ0n) is 30.7. The number of anilines is 2. The van der Waals surface area contributed by atoms with Crippen molar-refractivity contribution >= 4 is 76.5 Å². The molecule has 12 rings (SSSR count). The Hall–Kier alpha value is -7.02. The summed E-state index contributed by atoms with van der Waals surface area (Å²) >= 11 is 1.82. The summed E-state index contributed by atoms with van der Waals surface area (Å²) in [4.78, 5) is 12.8. The van der Waals surface area contributed by atoms with E-state index in [4.69, 9.17) is 14.4 Å². The number of fused-ring (bicyclic) bond motifs is 9. The molecule has 3 aliphatic rings. The van der Waals surface area contributed by atoms with Crippen LogP contribution in [0.1, 0.15) is 34.3 Å². The number of rotatable bonds is 5. The maximum atomic E-state index is 6.70. The molecule has 4 heterocycles. The van der Waals surface area contributed by atoms with Crippen LogP contribution in [0.3, 0.4) is 0 Å². The predicted molar refractivity (Wildman–Crippen MR) is 237 cm³/mol. The number of para-hydroxylation sites is 1. The molecule has 2 aliphatic heterocycles. The van der Waals surface area contributed by atoms with E-state index in [1.807, 2.05) is 35.6 Å². The third-order valence-electron chi connectivity index (χ3n) is 11.7. The van der Waals surface area contributed by atoms with E-state index in [9.17, 15) is 0 Å². The highest BCUT2D eigenvalue weighted by molar-refractivity contribution is 7.26. The number of nitrogens with one attached hydrogen (secondary N) is 1. The van der Waals surface area contributed by atoms with Gasteiger partial charge < -0.3 is 14.6 Å². The van der Waals surface area contributed by atoms with Crippen molar-refractivity contribution in [3.05, 3.63) is 204 Å². The van der Waals surface area contributed by atoms with Crippen molar-refractivity contribution in [1.82, 2.24) is 5.32 Å². The molecule has 1 aliphatic carbocycles. The average Bonchev–Trinajstić information content (AvgIpc) is 3.96. The monoisotopic (exact) mass is 750 g/mol. The number of thiophene rings is 1. The first-order valence-electron chi connectivity index (χ1n) is 19.4. The molecule has 0 radical (unpaired) electrons. The van der Waals surface area contributed by atoms with Crippen LogP contribution in [0, 0.1) is 0 Å². The van der Waals surface area contributed by atoms with Crippen molar-refractivity contribution < 1.29 is 4.42 Å². The van der Waals surface area contributed by atoms with Crippen molar-refractivity contribution in [3.8, 4) is 11.1 Å². The molecule has 0 bridgehead atoms. The summed E-state index contributed by atoms with van der Waals surface area (Å²) in [5, 5.41) is 8.33. The minimum Gasteiger partial charge on any atom is -0.456 e. The molecule has 9 aromatic rings. The fourth-order valence-electron chi connectivity index (χ4n) is 9.16. The average molecular weight is 751 g/mol. The topological polar surface area (TPSA) is 53.1 Å². The normalized spacial score (nSPS) is 18.5. The smallest absolute Gasteiger partial charge is 0.159 e. The third-order valence-corrected chi connectivity index (χ3v) is 12.8. The first kappa shape index (κ1) is 32.2. The van der Waals surface area contributed by atoms with E-state index in [2.05, 4.69) is 168 Å². The number of hydrogen-bond donors (Lipinski definition) is 1. The molecule has 6 heteroatoms. The summed E-state index contributed by atoms with van der Waals surface area (Å²) in [5.41, 5.74) is 11.0. The van der Waals surface area contributed by atoms with Crippen LogP contribution in [0.4, 0.5) is 11.4 Å². The number of furan rings is 1. The first-order valence-corrected chi connectivity index (χ1v) is 20.3. The molecule has 2 aromatic heterocycles. The van der Waals surface area contributed by atoms with E-state index in [1.54, 1.807) is 0 Å². The summed E-state index contributed by atoms with van der Waals surface area (Å²) in [7, 11) is 0. The quantitative estimate of drug-likeness (QED) is 0.191. The van der Waals surface area contributed by atoms with Crippen molar-refractivity contribution in [2.45, 2.75) is 18.1 Å². The van der Waals surface area contributed by atoms with Crippen LogP contribution in [0.15, 0.2) is 196 Å². The standard InChI is InChI=1S/C51H34N4OS/c1-3-14-31(15-4-1)49-52-50(32-16-5-2-6-17-32)54-51(53-49)33-28-29-38-45(30-33)57-44-27-12-21-36(46(38)44)37-20-11-25-42-47(37)48-41(24-13-26-43(48)56-42)55-39-22-9-7-18-34(39)35-19-8-10-23-40(35)55/h1-30,34,39,49H,(H,52,53,54). The third kappa shape index (κ3) is 5.07. The Balaban J connectivity index is 1.02. The van der Waals surface area contributed by atoms with Crippen LogP contribution in [0.25, 0.3) is 53.2 Å². The SMILES string of the molecule is C1=CC2c3ccccc3N(c3cccc4oc5cccc(-c6cccc7sc8cc(C9=NC(c%10ccccc%10)NC(c%10ccccc%10)=N9)ccc8c67)c5c34)C2C=C1. The second-order valence-corrected chi connectivity index (χ2v) is 16.0. The summed E-state index contributed by atoms with van der Waals surface area (Å²) in [6, 6.07) is 56.1. The van der Waals surface area contributed by atoms with Crippen molar-refractivity contribution in [2.75, 3.05) is 4.90 Å². The van der Waals surface area contributed by atoms with Gasteiger partial charge in [-0.1, -0.05) is 146 Å². The molecule has 7 aromatic carbocycles. The van der Waals surface area contributed by atoms with E-state index in [0.717, 1.165) is 56.0 Å². The van der Waals surface area contributed by atoms with Gasteiger partial charge in [0.1, 0.15) is 23.2 Å². The second-order valence-electron chi connectivity index (χ2n) is 14.9. The van der Waals surface area contributed by atoms with Gasteiger partial charge in [-0.2, -0.15) is 0 Å². The lowest BCUT2D eigenvalue weighted by atomic mass is 9.91. The molecule has 3 atom stereocenters. The molecule has 3 unspecified atom stereocenters. The van der Waals surface area contributed by atoms with E-state index >= 15 is 0 Å². The maximum absolute atomic E-state index is 6.70. The van der Waals surface area contributed by atoms with Crippen molar-refractivity contribution in [2.24, 2.45) is 9.98 Å². The summed E-state index contributed by atoms with van der Waals surface area (Å²) in [5.74, 6) is 1.83. The largest absolute Gasteiger partial charge is 0.456 e. The molecule has 1 N–H and O–H groups in total. The molecule has 0 spiro atoms. The van der Waals surface area contributed by atoms with Crippen molar-refractivity contribution in [3.63, 3.8) is 0 Å². The van der Waals surface area contributed by atoms with Crippen LogP contribution < -0.4 is 10.2 Å². The Morgan fingerprint density at radius 2 is 1.30 bits per heavy atom. The van der Waals surface area contributed by atoms with Crippen LogP contribution in [-0.4, -0.2) is 17.7 Å². The fraction of sp³-hybridized carbons (Fsp3) is 0.0588. The van der Waals surface area contributed by atoms with Gasteiger partial charge in [0.2, 0.25) is 0 Å². The minimum absolute atomic E-state index is 0.189. The molecular weight excluding hydrogens is 717 g/mol. The zero-order valence-corrected chi connectivity index (χ0v) is 31.5. The Morgan fingerprint density at radius 1 is 0.579 bits per heavy atom. The van der Waals surface area contributed by atoms with E-state index in [0.29, 0.717) is 5.92 Å². The van der Waals surface area contributed by atoms with Gasteiger partial charge in [-0.05, 0) is 58.7 Å². The Labute approximate surface area is 333 Å². The van der Waals surface area contributed by atoms with Gasteiger partial charge in [0, 0.05) is 48.3 Å². The molecule has 0 amide bonds. The number of allylic oxidation sites excluding steroid dienone is 2. The molecule has 0 fully saturated rings. The Bertz CT molecular complexity index is 3190. The lowest BCUT2D eigenvalue weighted by Crippen LogP contribution is -2.33. The lowest BCUT2D eigenvalue weighted by Gasteiger charge is -2.29. The van der Waals surface area contributed by atoms with Crippen molar-refractivity contribution in [1.29, 1.82) is 0 Å². The van der Waals surface area contributed by atoms with E-state index in [1.165, 1.54) is 42.6 Å². The number of benzene rings is 7. The van der Waals surface area contributed by atoms with Crippen LogP contribution >= 0.6 is 11.3 Å². The van der Waals surface area contributed by atoms with Crippen LogP contribution in [0.2, 0.25) is 0 Å². The highest BCUT2D eigenvalue weighted by Crippen LogP contribution is 2.52. The first-order chi connectivity index (χ1) is 28.3. The molecule has 0 saturated heterocycles. The lowest BCUT2D eigenvalue weighted by molar-refractivity contribution is 0.668. The Kier molecular flexibility index (Phi) is 7.22. The van der Waals surface area contributed by atoms with Gasteiger partial charge in [0.25, 0.3) is 0 Å². The highest BCUT2D eigenvalue weighted by Gasteiger charge is 2.38. The van der Waals surface area contributed by atoms with Gasteiger partial charge in [0.05, 0.1) is 17.1 Å². The van der Waals surface area contributed by atoms with Gasteiger partial charge >= 0.3 is 0 Å². The van der Waals surface area contributed by atoms with Gasteiger partial charge in [-0.25, -0.2) is 9.98 Å². The molecule has 0 saturated carbocycles. The predicted octanol–water partition coefficient (Wildman–Crippen LogP) is 12.8. The number of amidine groups is 2. The maximum Gasteiger partial charge on any atom is 0.159 e. The summed E-state index contributed by atoms with van der Waals surface area (Å²) < 4.78 is 9.14. The van der Waals surface area contributed by atoms with Gasteiger partial charge in [-0.15, -0.1) is 11.3 Å². The second kappa shape index (κ2) is 12.8. The van der Waals surface area contributed by atoms with Gasteiger partial charge in [0.15, 0.2) is 5.84 Å². The summed E-state index contributed by atoms with van der Waals surface area (Å²) in [6.07, 6.45) is 8.78. The highest BCUT2D eigenvalue weighted by atomic mass is 32.1. The summed E-state index contributed by atoms with van der Waals surface area (Å²) in [6.45, 7) is 0. The van der Waals surface area contributed by atoms with Crippen LogP contribution in [-0.2, 0) is 0 Å². The molecule has 270 valence electrons. The fourth-order valence-corrected chi connectivity index (χ4v) is 10.3. The number of hydrogen-bond acceptors (Lipinski definition) is 6. The number of nitrogens with zero attached hydrogens (tertiary/aromatic N) is 3. The van der Waals surface area contributed by atoms with Gasteiger partial charge in [-0.3, -0.25) is 0 Å². The van der Waals surface area contributed by atoms with Crippen LogP contribution in [0.5, 0.6) is 0 Å². The van der Waals surface area contributed by atoms with E-state index < -0.39 is 0 Å². The minimum atomic E-state index is -0.251. The molecule has 57 heavy (non-hydrogen) atoms. The Morgan fingerprint density at radius 3 is 2.18 bits per heavy atom. The zero-order chi connectivity index (χ0) is 37.5. The van der Waals surface area contributed by atoms with E-state index in [-0.39, 0.29) is 12.2 Å².